The van der Waals surface area contributed by atoms with Crippen molar-refractivity contribution in [3.8, 4) is 5.75 Å². The van der Waals surface area contributed by atoms with E-state index in [0.29, 0.717) is 12.5 Å². The van der Waals surface area contributed by atoms with E-state index in [4.69, 9.17) is 4.74 Å². The molecule has 108 valence electrons. The van der Waals surface area contributed by atoms with Crippen LogP contribution in [0, 0.1) is 13.8 Å². The molecule has 1 aromatic carbocycles. The monoisotopic (exact) mass is 307 g/mol. The summed E-state index contributed by atoms with van der Waals surface area (Å²) < 4.78 is 5.89. The molecule has 1 aromatic heterocycles. The molecule has 0 atom stereocenters. The number of ether oxygens (including phenoxy) is 1. The van der Waals surface area contributed by atoms with Gasteiger partial charge in [-0.1, -0.05) is 31.5 Å². The standard InChI is InChI=1S/C16H21NOS2/c1-10(2)16-14(9-19)20-15(17-16)8-18-13-6-5-11(3)7-12(13)4/h5-7,10,19H,8-9H2,1-4H3. The first kappa shape index (κ1) is 15.4. The van der Waals surface area contributed by atoms with Crippen molar-refractivity contribution in [1.82, 2.24) is 4.98 Å². The maximum atomic E-state index is 5.89. The normalized spacial score (nSPS) is 11.1. The largest absolute Gasteiger partial charge is 0.486 e. The second-order valence-electron chi connectivity index (χ2n) is 5.29. The molecular weight excluding hydrogens is 286 g/mol. The van der Waals surface area contributed by atoms with Gasteiger partial charge in [0.05, 0.1) is 5.69 Å². The third-order valence-corrected chi connectivity index (χ3v) is 4.72. The van der Waals surface area contributed by atoms with Crippen molar-refractivity contribution >= 4 is 24.0 Å². The Morgan fingerprint density at radius 3 is 2.60 bits per heavy atom. The fraction of sp³-hybridized carbons (Fsp3) is 0.438. The maximum absolute atomic E-state index is 5.89. The lowest BCUT2D eigenvalue weighted by molar-refractivity contribution is 0.303. The zero-order valence-electron chi connectivity index (χ0n) is 12.4. The van der Waals surface area contributed by atoms with Crippen molar-refractivity contribution in [3.63, 3.8) is 0 Å². The molecule has 0 aliphatic heterocycles. The number of aromatic nitrogens is 1. The van der Waals surface area contributed by atoms with Crippen molar-refractivity contribution in [2.45, 2.75) is 46.0 Å². The Morgan fingerprint density at radius 1 is 1.30 bits per heavy atom. The van der Waals surface area contributed by atoms with Crippen molar-refractivity contribution in [2.24, 2.45) is 0 Å². The number of hydrogen-bond acceptors (Lipinski definition) is 4. The Hall–Kier alpha value is -1.00. The Bertz CT molecular complexity index is 590. The number of rotatable bonds is 5. The van der Waals surface area contributed by atoms with Gasteiger partial charge in [-0.15, -0.1) is 11.3 Å². The Kier molecular flexibility index (Phi) is 5.11. The molecule has 0 aliphatic rings. The van der Waals surface area contributed by atoms with E-state index < -0.39 is 0 Å². The summed E-state index contributed by atoms with van der Waals surface area (Å²) in [5.74, 6) is 2.11. The third-order valence-electron chi connectivity index (χ3n) is 3.14. The molecule has 0 saturated heterocycles. The van der Waals surface area contributed by atoms with Crippen LogP contribution in [0.15, 0.2) is 18.2 Å². The fourth-order valence-electron chi connectivity index (χ4n) is 2.14. The smallest absolute Gasteiger partial charge is 0.140 e. The van der Waals surface area contributed by atoms with Crippen LogP contribution in [0.2, 0.25) is 0 Å². The number of thiazole rings is 1. The van der Waals surface area contributed by atoms with Gasteiger partial charge in [0, 0.05) is 10.6 Å². The third kappa shape index (κ3) is 3.55. The van der Waals surface area contributed by atoms with E-state index >= 15 is 0 Å². The van der Waals surface area contributed by atoms with E-state index in [2.05, 4.69) is 57.4 Å². The Morgan fingerprint density at radius 2 is 2.05 bits per heavy atom. The predicted octanol–water partition coefficient (Wildman–Crippen LogP) is 4.89. The van der Waals surface area contributed by atoms with E-state index in [1.54, 1.807) is 11.3 Å². The van der Waals surface area contributed by atoms with E-state index in [-0.39, 0.29) is 0 Å². The summed E-state index contributed by atoms with van der Waals surface area (Å²) in [6.07, 6.45) is 0. The van der Waals surface area contributed by atoms with Crippen molar-refractivity contribution in [3.05, 3.63) is 44.9 Å². The predicted molar refractivity (Wildman–Crippen MR) is 89.1 cm³/mol. The van der Waals surface area contributed by atoms with Crippen molar-refractivity contribution in [2.75, 3.05) is 0 Å². The van der Waals surface area contributed by atoms with E-state index in [9.17, 15) is 0 Å². The lowest BCUT2D eigenvalue weighted by Gasteiger charge is -2.08. The Labute approximate surface area is 130 Å². The number of hydrogen-bond donors (Lipinski definition) is 1. The molecule has 2 rings (SSSR count). The topological polar surface area (TPSA) is 22.1 Å². The van der Waals surface area contributed by atoms with E-state index in [1.165, 1.54) is 16.0 Å². The van der Waals surface area contributed by atoms with Crippen LogP contribution in [0.5, 0.6) is 5.75 Å². The van der Waals surface area contributed by atoms with E-state index in [1.807, 2.05) is 6.07 Å². The highest BCUT2D eigenvalue weighted by atomic mass is 32.1. The number of thiol groups is 1. The van der Waals surface area contributed by atoms with Gasteiger partial charge in [0.25, 0.3) is 0 Å². The molecule has 0 radical (unpaired) electrons. The number of benzene rings is 1. The lowest BCUT2D eigenvalue weighted by atomic mass is 10.1. The van der Waals surface area contributed by atoms with Crippen LogP contribution in [0.25, 0.3) is 0 Å². The van der Waals surface area contributed by atoms with Crippen LogP contribution in [-0.2, 0) is 12.4 Å². The molecule has 2 aromatic rings. The van der Waals surface area contributed by atoms with Crippen LogP contribution in [-0.4, -0.2) is 4.98 Å². The molecule has 0 bridgehead atoms. The van der Waals surface area contributed by atoms with Crippen molar-refractivity contribution in [1.29, 1.82) is 0 Å². The Balaban J connectivity index is 2.11. The highest BCUT2D eigenvalue weighted by molar-refractivity contribution is 7.79. The van der Waals surface area contributed by atoms with Gasteiger partial charge < -0.3 is 4.74 Å². The van der Waals surface area contributed by atoms with Gasteiger partial charge in [-0.2, -0.15) is 12.6 Å². The highest BCUT2D eigenvalue weighted by Crippen LogP contribution is 2.28. The molecule has 0 spiro atoms. The van der Waals surface area contributed by atoms with Gasteiger partial charge in [0.15, 0.2) is 0 Å². The minimum atomic E-state index is 0.434. The van der Waals surface area contributed by atoms with Gasteiger partial charge in [0.1, 0.15) is 17.4 Å². The summed E-state index contributed by atoms with van der Waals surface area (Å²) in [6.45, 7) is 9.02. The minimum Gasteiger partial charge on any atom is -0.486 e. The van der Waals surface area contributed by atoms with Crippen molar-refractivity contribution < 1.29 is 4.74 Å². The van der Waals surface area contributed by atoms with E-state index in [0.717, 1.165) is 22.2 Å². The maximum Gasteiger partial charge on any atom is 0.140 e. The minimum absolute atomic E-state index is 0.434. The molecule has 0 saturated carbocycles. The summed E-state index contributed by atoms with van der Waals surface area (Å²) in [5, 5.41) is 1.03. The van der Waals surface area contributed by atoms with Gasteiger partial charge in [-0.25, -0.2) is 4.98 Å². The lowest BCUT2D eigenvalue weighted by Crippen LogP contribution is -1.98. The average Bonchev–Trinajstić information content (AvgIpc) is 2.81. The molecule has 0 amide bonds. The van der Waals surface area contributed by atoms with Crippen LogP contribution >= 0.6 is 24.0 Å². The quantitative estimate of drug-likeness (QED) is 0.794. The molecule has 0 unspecified atom stereocenters. The second-order valence-corrected chi connectivity index (χ2v) is 6.77. The van der Waals surface area contributed by atoms with Gasteiger partial charge in [0.2, 0.25) is 0 Å². The summed E-state index contributed by atoms with van der Waals surface area (Å²) in [6, 6.07) is 6.24. The molecule has 0 N–H and O–H groups in total. The zero-order chi connectivity index (χ0) is 14.7. The van der Waals surface area contributed by atoms with Gasteiger partial charge in [-0.3, -0.25) is 0 Å². The number of aryl methyl sites for hydroxylation is 2. The first-order chi connectivity index (χ1) is 9.51. The zero-order valence-corrected chi connectivity index (χ0v) is 14.1. The molecule has 0 aliphatic carbocycles. The molecule has 2 nitrogen and oxygen atoms in total. The number of nitrogens with zero attached hydrogens (tertiary/aromatic N) is 1. The summed E-state index contributed by atoms with van der Waals surface area (Å²) in [4.78, 5) is 5.94. The molecular formula is C16H21NOS2. The summed E-state index contributed by atoms with van der Waals surface area (Å²) >= 11 is 6.09. The van der Waals surface area contributed by atoms with Crippen LogP contribution in [0.4, 0.5) is 0 Å². The SMILES string of the molecule is Cc1ccc(OCc2nc(C(C)C)c(CS)s2)c(C)c1. The molecule has 20 heavy (non-hydrogen) atoms. The fourth-order valence-corrected chi connectivity index (χ4v) is 3.49. The van der Waals surface area contributed by atoms with Crippen LogP contribution in [0.3, 0.4) is 0 Å². The first-order valence-electron chi connectivity index (χ1n) is 6.80. The van der Waals surface area contributed by atoms with Gasteiger partial charge >= 0.3 is 0 Å². The molecule has 4 heteroatoms. The molecule has 1 heterocycles. The highest BCUT2D eigenvalue weighted by Gasteiger charge is 2.13. The summed E-state index contributed by atoms with van der Waals surface area (Å²) in [7, 11) is 0. The average molecular weight is 307 g/mol. The summed E-state index contributed by atoms with van der Waals surface area (Å²) in [5.41, 5.74) is 3.58. The van der Waals surface area contributed by atoms with Crippen LogP contribution < -0.4 is 4.74 Å². The second kappa shape index (κ2) is 6.64. The molecule has 0 fully saturated rings. The van der Waals surface area contributed by atoms with Crippen LogP contribution in [0.1, 0.15) is 46.5 Å². The first-order valence-corrected chi connectivity index (χ1v) is 8.25. The van der Waals surface area contributed by atoms with Gasteiger partial charge in [-0.05, 0) is 31.4 Å².